The lowest BCUT2D eigenvalue weighted by Gasteiger charge is -2.12. The fourth-order valence-corrected chi connectivity index (χ4v) is 7.69. The molecule has 2 aromatic heterocycles. The minimum absolute atomic E-state index is 0.618. The highest BCUT2D eigenvalue weighted by Gasteiger charge is 2.17. The normalized spacial score (nSPS) is 11.8. The minimum atomic E-state index is 0.618. The molecule has 5 nitrogen and oxygen atoms in total. The zero-order valence-electron chi connectivity index (χ0n) is 28.4. The average Bonchev–Trinajstić information content (AvgIpc) is 3.68. The van der Waals surface area contributed by atoms with Crippen molar-refractivity contribution in [1.29, 1.82) is 0 Å². The molecular formula is C48H28N4O. The van der Waals surface area contributed by atoms with E-state index in [-0.39, 0.29) is 0 Å². The van der Waals surface area contributed by atoms with Crippen molar-refractivity contribution in [3.8, 4) is 45.6 Å². The van der Waals surface area contributed by atoms with Crippen LogP contribution in [0.5, 0.6) is 0 Å². The van der Waals surface area contributed by atoms with Crippen molar-refractivity contribution in [2.45, 2.75) is 0 Å². The van der Waals surface area contributed by atoms with E-state index in [9.17, 15) is 0 Å². The first-order chi connectivity index (χ1) is 26.2. The van der Waals surface area contributed by atoms with Crippen LogP contribution in [0.2, 0.25) is 0 Å². The Balaban J connectivity index is 1.09. The highest BCUT2D eigenvalue weighted by atomic mass is 16.3. The van der Waals surface area contributed by atoms with Gasteiger partial charge in [-0.1, -0.05) is 140 Å². The molecule has 0 saturated carbocycles. The molecular weight excluding hydrogens is 649 g/mol. The van der Waals surface area contributed by atoms with Gasteiger partial charge in [0.15, 0.2) is 23.1 Å². The Hall–Kier alpha value is -7.24. The van der Waals surface area contributed by atoms with Crippen LogP contribution >= 0.6 is 0 Å². The fourth-order valence-electron chi connectivity index (χ4n) is 7.69. The van der Waals surface area contributed by atoms with Crippen LogP contribution in [0.25, 0.3) is 111 Å². The van der Waals surface area contributed by atoms with Gasteiger partial charge in [-0.15, -0.1) is 0 Å². The molecule has 0 amide bonds. The predicted molar refractivity (Wildman–Crippen MR) is 217 cm³/mol. The van der Waals surface area contributed by atoms with E-state index in [1.165, 1.54) is 16.2 Å². The average molecular weight is 677 g/mol. The van der Waals surface area contributed by atoms with Crippen LogP contribution in [0.3, 0.4) is 0 Å². The van der Waals surface area contributed by atoms with Crippen molar-refractivity contribution in [3.05, 3.63) is 170 Å². The van der Waals surface area contributed by atoms with E-state index in [1.54, 1.807) is 0 Å². The third-order valence-corrected chi connectivity index (χ3v) is 10.3. The van der Waals surface area contributed by atoms with E-state index < -0.39 is 0 Å². The third kappa shape index (κ3) is 4.86. The van der Waals surface area contributed by atoms with Gasteiger partial charge in [-0.3, -0.25) is 0 Å². The van der Waals surface area contributed by atoms with Crippen LogP contribution in [0.15, 0.2) is 174 Å². The standard InChI is InChI=1S/C48H28N4O/c1-3-10-32(11-4-1)45-50-46(36-21-24-39-34(27-36)19-15-29-9-7-8-14-38(29)39)52-47(51-45)37-22-25-40-35(28-37)20-18-30-16-17-31-23-26-41-44(43(31)42(30)40)53-48(49-41)33-12-5-2-6-13-33/h1-28H. The number of nitrogens with zero attached hydrogens (tertiary/aromatic N) is 4. The second-order valence-corrected chi connectivity index (χ2v) is 13.5. The number of oxazole rings is 1. The maximum absolute atomic E-state index is 6.54. The second-order valence-electron chi connectivity index (χ2n) is 13.5. The van der Waals surface area contributed by atoms with Crippen molar-refractivity contribution in [3.63, 3.8) is 0 Å². The Kier molecular flexibility index (Phi) is 6.48. The van der Waals surface area contributed by atoms with E-state index in [1.807, 2.05) is 66.7 Å². The van der Waals surface area contributed by atoms with Crippen LogP contribution in [0.4, 0.5) is 0 Å². The molecule has 0 atom stereocenters. The first-order valence-electron chi connectivity index (χ1n) is 17.7. The van der Waals surface area contributed by atoms with Crippen molar-refractivity contribution in [2.75, 3.05) is 0 Å². The fraction of sp³-hybridized carbons (Fsp3) is 0. The molecule has 246 valence electrons. The maximum Gasteiger partial charge on any atom is 0.227 e. The predicted octanol–water partition coefficient (Wildman–Crippen LogP) is 12.4. The summed E-state index contributed by atoms with van der Waals surface area (Å²) < 4.78 is 6.54. The molecule has 0 aliphatic carbocycles. The number of benzene rings is 9. The lowest BCUT2D eigenvalue weighted by atomic mass is 9.95. The van der Waals surface area contributed by atoms with E-state index >= 15 is 0 Å². The van der Waals surface area contributed by atoms with Crippen LogP contribution in [0.1, 0.15) is 0 Å². The van der Waals surface area contributed by atoms with Crippen molar-refractivity contribution >= 4 is 65.0 Å². The lowest BCUT2D eigenvalue weighted by Crippen LogP contribution is -2.00. The number of fused-ring (bicyclic) bond motifs is 10. The van der Waals surface area contributed by atoms with Gasteiger partial charge in [0.2, 0.25) is 5.89 Å². The summed E-state index contributed by atoms with van der Waals surface area (Å²) in [6, 6.07) is 58.9. The summed E-state index contributed by atoms with van der Waals surface area (Å²) in [6.07, 6.45) is 0. The first kappa shape index (κ1) is 29.5. The van der Waals surface area contributed by atoms with Crippen molar-refractivity contribution in [1.82, 2.24) is 19.9 Å². The van der Waals surface area contributed by atoms with E-state index in [0.717, 1.165) is 71.1 Å². The van der Waals surface area contributed by atoms with Gasteiger partial charge in [0.25, 0.3) is 0 Å². The SMILES string of the molecule is c1ccc(-c2nc(-c3ccc4c(ccc5ccccc54)c3)nc(-c3ccc4c(ccc5ccc6ccc7nc(-c8ccccc8)oc7c6c54)c3)n2)cc1. The largest absolute Gasteiger partial charge is 0.435 e. The summed E-state index contributed by atoms with van der Waals surface area (Å²) in [6.45, 7) is 0. The molecule has 0 N–H and O–H groups in total. The van der Waals surface area contributed by atoms with Crippen LogP contribution < -0.4 is 0 Å². The molecule has 0 spiro atoms. The van der Waals surface area contributed by atoms with Gasteiger partial charge in [-0.05, 0) is 73.4 Å². The molecule has 11 aromatic rings. The zero-order chi connectivity index (χ0) is 34.9. The van der Waals surface area contributed by atoms with Crippen molar-refractivity contribution in [2.24, 2.45) is 0 Å². The molecule has 0 fully saturated rings. The number of aromatic nitrogens is 4. The van der Waals surface area contributed by atoms with Gasteiger partial charge in [-0.2, -0.15) is 0 Å². The summed E-state index contributed by atoms with van der Waals surface area (Å²) in [4.78, 5) is 20.1. The topological polar surface area (TPSA) is 64.7 Å². The van der Waals surface area contributed by atoms with E-state index in [0.29, 0.717) is 23.4 Å². The van der Waals surface area contributed by atoms with Crippen LogP contribution in [-0.4, -0.2) is 19.9 Å². The highest BCUT2D eigenvalue weighted by molar-refractivity contribution is 6.26. The summed E-state index contributed by atoms with van der Waals surface area (Å²) >= 11 is 0. The molecule has 5 heteroatoms. The Bertz CT molecular complexity index is 3230. The number of hydrogen-bond acceptors (Lipinski definition) is 5. The smallest absolute Gasteiger partial charge is 0.227 e. The summed E-state index contributed by atoms with van der Waals surface area (Å²) in [5.41, 5.74) is 5.38. The maximum atomic E-state index is 6.54. The zero-order valence-corrected chi connectivity index (χ0v) is 28.4. The van der Waals surface area contributed by atoms with Crippen LogP contribution in [-0.2, 0) is 0 Å². The quantitative estimate of drug-likeness (QED) is 0.174. The summed E-state index contributed by atoms with van der Waals surface area (Å²) in [5.74, 6) is 2.51. The monoisotopic (exact) mass is 676 g/mol. The molecule has 0 aliphatic rings. The van der Waals surface area contributed by atoms with Gasteiger partial charge in [0.1, 0.15) is 5.52 Å². The molecule has 0 bridgehead atoms. The Morgan fingerprint density at radius 2 is 0.830 bits per heavy atom. The number of rotatable bonds is 4. The van der Waals surface area contributed by atoms with E-state index in [4.69, 9.17) is 24.4 Å². The molecule has 9 aromatic carbocycles. The lowest BCUT2D eigenvalue weighted by molar-refractivity contribution is 0.623. The third-order valence-electron chi connectivity index (χ3n) is 10.3. The summed E-state index contributed by atoms with van der Waals surface area (Å²) in [7, 11) is 0. The molecule has 11 rings (SSSR count). The van der Waals surface area contributed by atoms with Crippen molar-refractivity contribution < 1.29 is 4.42 Å². The highest BCUT2D eigenvalue weighted by Crippen LogP contribution is 2.39. The molecule has 0 unspecified atom stereocenters. The van der Waals surface area contributed by atoms with Gasteiger partial charge in [0.05, 0.1) is 0 Å². The Morgan fingerprint density at radius 1 is 0.321 bits per heavy atom. The minimum Gasteiger partial charge on any atom is -0.435 e. The Morgan fingerprint density at radius 3 is 1.55 bits per heavy atom. The van der Waals surface area contributed by atoms with Gasteiger partial charge in [0, 0.05) is 33.0 Å². The first-order valence-corrected chi connectivity index (χ1v) is 17.7. The molecule has 53 heavy (non-hydrogen) atoms. The Labute approximate surface area is 303 Å². The van der Waals surface area contributed by atoms with E-state index in [2.05, 4.69) is 103 Å². The molecule has 0 saturated heterocycles. The number of hydrogen-bond donors (Lipinski definition) is 0. The molecule has 0 aliphatic heterocycles. The van der Waals surface area contributed by atoms with Gasteiger partial charge < -0.3 is 4.42 Å². The summed E-state index contributed by atoms with van der Waals surface area (Å²) in [5, 5.41) is 11.5. The second kappa shape index (κ2) is 11.7. The van der Waals surface area contributed by atoms with Gasteiger partial charge >= 0.3 is 0 Å². The molecule has 2 heterocycles. The van der Waals surface area contributed by atoms with Gasteiger partial charge in [-0.25, -0.2) is 19.9 Å². The van der Waals surface area contributed by atoms with Crippen LogP contribution in [0, 0.1) is 0 Å². The molecule has 0 radical (unpaired) electrons.